The monoisotopic (exact) mass is 249 g/mol. The fourth-order valence-corrected chi connectivity index (χ4v) is 1.56. The van der Waals surface area contributed by atoms with Gasteiger partial charge in [0.05, 0.1) is 18.5 Å². The van der Waals surface area contributed by atoms with Gasteiger partial charge < -0.3 is 22.8 Å². The molecule has 1 unspecified atom stereocenters. The van der Waals surface area contributed by atoms with Crippen molar-refractivity contribution in [1.29, 1.82) is 0 Å². The van der Waals surface area contributed by atoms with Crippen molar-refractivity contribution in [1.82, 2.24) is 0 Å². The first kappa shape index (κ1) is 14.6. The second-order valence-electron chi connectivity index (χ2n) is 3.56. The number of rotatable bonds is 5. The van der Waals surface area contributed by atoms with E-state index in [1.165, 1.54) is 5.56 Å². The molecule has 0 aliphatic rings. The lowest BCUT2D eigenvalue weighted by Crippen LogP contribution is -3.00. The van der Waals surface area contributed by atoms with Gasteiger partial charge in [-0.2, -0.15) is 0 Å². The molecule has 1 rings (SSSR count). The van der Waals surface area contributed by atoms with E-state index in [-0.39, 0.29) is 12.4 Å². The molecule has 3 N–H and O–H groups in total. The van der Waals surface area contributed by atoms with Crippen LogP contribution in [0.1, 0.15) is 12.5 Å². The smallest absolute Gasteiger partial charge is 0.115 e. The number of hydrogen-bond acceptors (Lipinski definition) is 1. The highest BCUT2D eigenvalue weighted by Gasteiger charge is 2.05. The molecule has 0 saturated carbocycles. The average molecular weight is 250 g/mol. The van der Waals surface area contributed by atoms with Crippen molar-refractivity contribution in [3.63, 3.8) is 0 Å². The molecule has 4 heteroatoms. The zero-order valence-corrected chi connectivity index (χ0v) is 10.3. The van der Waals surface area contributed by atoms with Gasteiger partial charge in [0, 0.05) is 6.42 Å². The summed E-state index contributed by atoms with van der Waals surface area (Å²) in [6, 6.07) is 7.91. The maximum atomic E-state index is 9.11. The first-order valence-corrected chi connectivity index (χ1v) is 5.43. The molecule has 1 atom stereocenters. The van der Waals surface area contributed by atoms with Crippen LogP contribution in [0.25, 0.3) is 0 Å². The Morgan fingerprint density at radius 1 is 1.33 bits per heavy atom. The number of phenols is 1. The SMILES string of the molecule is CC(Cc1ccc(O)cc1)[NH2+]CCCl.[Cl-]. The molecule has 15 heavy (non-hydrogen) atoms. The molecule has 0 aliphatic heterocycles. The highest BCUT2D eigenvalue weighted by atomic mass is 35.5. The highest BCUT2D eigenvalue weighted by molar-refractivity contribution is 6.17. The van der Waals surface area contributed by atoms with E-state index in [1.807, 2.05) is 12.1 Å². The summed E-state index contributed by atoms with van der Waals surface area (Å²) in [5.74, 6) is 1.02. The second-order valence-corrected chi connectivity index (χ2v) is 3.94. The molecular formula is C11H17Cl2NO. The zero-order valence-electron chi connectivity index (χ0n) is 8.79. The summed E-state index contributed by atoms with van der Waals surface area (Å²) in [7, 11) is 0. The fourth-order valence-electron chi connectivity index (χ4n) is 1.43. The molecule has 2 nitrogen and oxygen atoms in total. The van der Waals surface area contributed by atoms with E-state index in [1.54, 1.807) is 12.1 Å². The second kappa shape index (κ2) is 7.80. The normalized spacial score (nSPS) is 11.9. The van der Waals surface area contributed by atoms with Gasteiger partial charge >= 0.3 is 0 Å². The van der Waals surface area contributed by atoms with E-state index in [0.29, 0.717) is 17.7 Å². The molecule has 0 fully saturated rings. The van der Waals surface area contributed by atoms with Gasteiger partial charge in [-0.3, -0.25) is 0 Å². The van der Waals surface area contributed by atoms with E-state index >= 15 is 0 Å². The Morgan fingerprint density at radius 2 is 1.93 bits per heavy atom. The predicted molar refractivity (Wildman–Crippen MR) is 58.8 cm³/mol. The number of hydrogen-bond donors (Lipinski definition) is 2. The number of phenolic OH excluding ortho intramolecular Hbond substituents is 1. The van der Waals surface area contributed by atoms with E-state index in [2.05, 4.69) is 12.2 Å². The van der Waals surface area contributed by atoms with Crippen LogP contribution in [-0.4, -0.2) is 23.6 Å². The Balaban J connectivity index is 0.00000196. The lowest BCUT2D eigenvalue weighted by molar-refractivity contribution is -0.682. The summed E-state index contributed by atoms with van der Waals surface area (Å²) < 4.78 is 0. The topological polar surface area (TPSA) is 36.8 Å². The van der Waals surface area contributed by atoms with Crippen molar-refractivity contribution in [3.8, 4) is 5.75 Å². The maximum absolute atomic E-state index is 9.11. The minimum Gasteiger partial charge on any atom is -1.00 e. The van der Waals surface area contributed by atoms with Crippen molar-refractivity contribution in [2.24, 2.45) is 0 Å². The van der Waals surface area contributed by atoms with Crippen LogP contribution in [0.2, 0.25) is 0 Å². The lowest BCUT2D eigenvalue weighted by Gasteiger charge is -2.09. The number of alkyl halides is 1. The number of benzene rings is 1. The van der Waals surface area contributed by atoms with E-state index < -0.39 is 0 Å². The van der Waals surface area contributed by atoms with Crippen molar-refractivity contribution in [3.05, 3.63) is 29.8 Å². The van der Waals surface area contributed by atoms with Crippen molar-refractivity contribution >= 4 is 11.6 Å². The number of quaternary nitrogens is 1. The summed E-state index contributed by atoms with van der Waals surface area (Å²) in [5.41, 5.74) is 1.25. The molecule has 0 amide bonds. The third-order valence-electron chi connectivity index (χ3n) is 2.17. The third-order valence-corrected chi connectivity index (χ3v) is 2.39. The average Bonchev–Trinajstić information content (AvgIpc) is 2.18. The van der Waals surface area contributed by atoms with Crippen LogP contribution in [-0.2, 0) is 6.42 Å². The maximum Gasteiger partial charge on any atom is 0.115 e. The molecule has 0 bridgehead atoms. The molecule has 0 heterocycles. The summed E-state index contributed by atoms with van der Waals surface area (Å²) in [5, 5.41) is 11.3. The number of aromatic hydroxyl groups is 1. The Hall–Kier alpha value is -0.440. The van der Waals surface area contributed by atoms with Gasteiger partial charge in [0.25, 0.3) is 0 Å². The summed E-state index contributed by atoms with van der Waals surface area (Å²) in [6.45, 7) is 3.14. The van der Waals surface area contributed by atoms with Crippen LogP contribution in [0.4, 0.5) is 0 Å². The zero-order chi connectivity index (χ0) is 10.4. The quantitative estimate of drug-likeness (QED) is 0.590. The molecule has 0 saturated heterocycles. The van der Waals surface area contributed by atoms with E-state index in [9.17, 15) is 0 Å². The molecule has 86 valence electrons. The fraction of sp³-hybridized carbons (Fsp3) is 0.455. The largest absolute Gasteiger partial charge is 1.00 e. The summed E-state index contributed by atoms with van der Waals surface area (Å²) in [4.78, 5) is 0. The van der Waals surface area contributed by atoms with Gasteiger partial charge in [-0.1, -0.05) is 12.1 Å². The molecule has 1 aromatic rings. The van der Waals surface area contributed by atoms with Crippen LogP contribution in [0.15, 0.2) is 24.3 Å². The Kier molecular flexibility index (Phi) is 7.57. The van der Waals surface area contributed by atoms with Gasteiger partial charge in [0.1, 0.15) is 5.75 Å². The highest BCUT2D eigenvalue weighted by Crippen LogP contribution is 2.10. The molecule has 0 radical (unpaired) electrons. The predicted octanol–water partition coefficient (Wildman–Crippen LogP) is -1.87. The Morgan fingerprint density at radius 3 is 2.47 bits per heavy atom. The van der Waals surface area contributed by atoms with Crippen molar-refractivity contribution < 1.29 is 22.8 Å². The Bertz CT molecular complexity index is 264. The van der Waals surface area contributed by atoms with Crippen LogP contribution < -0.4 is 17.7 Å². The Labute approximate surface area is 102 Å². The summed E-state index contributed by atoms with van der Waals surface area (Å²) >= 11 is 5.61. The van der Waals surface area contributed by atoms with Crippen LogP contribution in [0.5, 0.6) is 5.75 Å². The minimum atomic E-state index is 0. The third kappa shape index (κ3) is 5.88. The van der Waals surface area contributed by atoms with Crippen LogP contribution in [0, 0.1) is 0 Å². The van der Waals surface area contributed by atoms with E-state index in [4.69, 9.17) is 16.7 Å². The number of nitrogens with two attached hydrogens (primary N) is 1. The standard InChI is InChI=1S/C11H16ClNO.ClH/c1-9(13-7-6-12)8-10-2-4-11(14)5-3-10;/h2-5,9,13-14H,6-8H2,1H3;1H. The van der Waals surface area contributed by atoms with Gasteiger partial charge in [0.15, 0.2) is 0 Å². The molecule has 1 aromatic carbocycles. The van der Waals surface area contributed by atoms with Gasteiger partial charge in [-0.15, -0.1) is 11.6 Å². The van der Waals surface area contributed by atoms with Crippen LogP contribution in [0.3, 0.4) is 0 Å². The van der Waals surface area contributed by atoms with E-state index in [0.717, 1.165) is 13.0 Å². The molecular weight excluding hydrogens is 233 g/mol. The number of halogens is 2. The van der Waals surface area contributed by atoms with Gasteiger partial charge in [0.2, 0.25) is 0 Å². The molecule has 0 aromatic heterocycles. The molecule has 0 spiro atoms. The first-order chi connectivity index (χ1) is 6.72. The minimum absolute atomic E-state index is 0. The van der Waals surface area contributed by atoms with Gasteiger partial charge in [-0.25, -0.2) is 0 Å². The van der Waals surface area contributed by atoms with Crippen molar-refractivity contribution in [2.75, 3.05) is 12.4 Å². The first-order valence-electron chi connectivity index (χ1n) is 4.89. The lowest BCUT2D eigenvalue weighted by atomic mass is 10.1. The van der Waals surface area contributed by atoms with Crippen LogP contribution >= 0.6 is 11.6 Å². The van der Waals surface area contributed by atoms with Gasteiger partial charge in [-0.05, 0) is 24.6 Å². The van der Waals surface area contributed by atoms with Crippen molar-refractivity contribution in [2.45, 2.75) is 19.4 Å². The summed E-state index contributed by atoms with van der Waals surface area (Å²) in [6.07, 6.45) is 1.01. The molecule has 0 aliphatic carbocycles.